The molecular weight excluding hydrogens is 400 g/mol. The fourth-order valence-electron chi connectivity index (χ4n) is 3.10. The topological polar surface area (TPSA) is 66.9 Å². The van der Waals surface area contributed by atoms with Crippen LogP contribution in [0.3, 0.4) is 0 Å². The number of ether oxygens (including phenoxy) is 1. The second kappa shape index (κ2) is 8.94. The fourth-order valence-corrected chi connectivity index (χ4v) is 4.72. The van der Waals surface area contributed by atoms with Crippen LogP contribution in [0.5, 0.6) is 5.75 Å². The molecule has 1 saturated heterocycles. The molecule has 2 aromatic rings. The van der Waals surface area contributed by atoms with E-state index < -0.39 is 16.1 Å². The zero-order chi connectivity index (χ0) is 20.1. The third kappa shape index (κ3) is 4.48. The number of hydrogen-bond acceptors (Lipinski definition) is 4. The first-order valence-corrected chi connectivity index (χ1v) is 11.0. The van der Waals surface area contributed by atoms with Gasteiger partial charge in [-0.3, -0.25) is 4.79 Å². The van der Waals surface area contributed by atoms with Crippen LogP contribution in [0.1, 0.15) is 13.3 Å². The van der Waals surface area contributed by atoms with Crippen LogP contribution < -0.4 is 4.74 Å². The van der Waals surface area contributed by atoms with Crippen molar-refractivity contribution in [3.8, 4) is 5.75 Å². The number of hydrogen-bond donors (Lipinski definition) is 0. The zero-order valence-electron chi connectivity index (χ0n) is 15.6. The molecule has 0 N–H and O–H groups in total. The normalized spacial score (nSPS) is 16.6. The Morgan fingerprint density at radius 2 is 1.64 bits per heavy atom. The molecule has 3 rings (SSSR count). The van der Waals surface area contributed by atoms with Gasteiger partial charge in [0.25, 0.3) is 5.91 Å². The number of piperazine rings is 1. The standard InChI is InChI=1S/C20H23ClN2O4S/c1-2-18(27-19-11-7-6-10-17(19)21)20(24)22-12-14-23(15-13-22)28(25,26)16-8-4-3-5-9-16/h3-11,18H,2,12-15H2,1H3/t18-/m1/s1. The molecule has 2 aromatic carbocycles. The summed E-state index contributed by atoms with van der Waals surface area (Å²) in [6, 6.07) is 15.4. The van der Waals surface area contributed by atoms with Crippen LogP contribution in [0.25, 0.3) is 0 Å². The largest absolute Gasteiger partial charge is 0.479 e. The molecule has 0 spiro atoms. The molecule has 6 nitrogen and oxygen atoms in total. The van der Waals surface area contributed by atoms with E-state index in [0.29, 0.717) is 30.3 Å². The molecule has 8 heteroatoms. The summed E-state index contributed by atoms with van der Waals surface area (Å²) < 4.78 is 32.7. The number of benzene rings is 2. The Hall–Kier alpha value is -2.09. The number of carbonyl (C=O) groups is 1. The van der Waals surface area contributed by atoms with Crippen molar-refractivity contribution < 1.29 is 17.9 Å². The van der Waals surface area contributed by atoms with Gasteiger partial charge in [0, 0.05) is 26.2 Å². The van der Waals surface area contributed by atoms with Crippen molar-refractivity contribution in [1.29, 1.82) is 0 Å². The first-order valence-electron chi connectivity index (χ1n) is 9.18. The van der Waals surface area contributed by atoms with Crippen molar-refractivity contribution >= 4 is 27.5 Å². The monoisotopic (exact) mass is 422 g/mol. The Morgan fingerprint density at radius 1 is 1.04 bits per heavy atom. The molecule has 0 aromatic heterocycles. The first-order chi connectivity index (χ1) is 13.4. The van der Waals surface area contributed by atoms with Crippen LogP contribution in [0.2, 0.25) is 5.02 Å². The summed E-state index contributed by atoms with van der Waals surface area (Å²) in [6.45, 7) is 3.03. The van der Waals surface area contributed by atoms with Gasteiger partial charge in [0.1, 0.15) is 5.75 Å². The highest BCUT2D eigenvalue weighted by Gasteiger charge is 2.32. The van der Waals surface area contributed by atoms with Gasteiger partial charge in [-0.05, 0) is 30.7 Å². The van der Waals surface area contributed by atoms with E-state index in [9.17, 15) is 13.2 Å². The summed E-state index contributed by atoms with van der Waals surface area (Å²) in [6.07, 6.45) is -0.163. The molecule has 1 atom stereocenters. The smallest absolute Gasteiger partial charge is 0.263 e. The quantitative estimate of drug-likeness (QED) is 0.717. The Bertz CT molecular complexity index is 913. The Morgan fingerprint density at radius 3 is 2.25 bits per heavy atom. The molecule has 1 fully saturated rings. The van der Waals surface area contributed by atoms with Crippen LogP contribution in [0, 0.1) is 0 Å². The highest BCUT2D eigenvalue weighted by Crippen LogP contribution is 2.25. The second-order valence-corrected chi connectivity index (χ2v) is 8.83. The van der Waals surface area contributed by atoms with Gasteiger partial charge in [-0.25, -0.2) is 8.42 Å². The van der Waals surface area contributed by atoms with E-state index in [4.69, 9.17) is 16.3 Å². The molecular formula is C20H23ClN2O4S. The van der Waals surface area contributed by atoms with Crippen LogP contribution >= 0.6 is 11.6 Å². The van der Waals surface area contributed by atoms with Crippen LogP contribution in [-0.2, 0) is 14.8 Å². The maximum Gasteiger partial charge on any atom is 0.263 e. The van der Waals surface area contributed by atoms with Crippen molar-refractivity contribution in [1.82, 2.24) is 9.21 Å². The summed E-state index contributed by atoms with van der Waals surface area (Å²) in [4.78, 5) is 14.8. The molecule has 1 amide bonds. The molecule has 1 aliphatic heterocycles. The number of amides is 1. The first kappa shape index (κ1) is 20.6. The van der Waals surface area contributed by atoms with E-state index in [1.807, 2.05) is 6.92 Å². The van der Waals surface area contributed by atoms with Crippen molar-refractivity contribution in [2.75, 3.05) is 26.2 Å². The van der Waals surface area contributed by atoms with E-state index in [1.54, 1.807) is 59.5 Å². The van der Waals surface area contributed by atoms with Crippen molar-refractivity contribution in [3.63, 3.8) is 0 Å². The number of halogens is 1. The van der Waals surface area contributed by atoms with Crippen molar-refractivity contribution in [2.24, 2.45) is 0 Å². The van der Waals surface area contributed by atoms with Crippen molar-refractivity contribution in [2.45, 2.75) is 24.3 Å². The van der Waals surface area contributed by atoms with Gasteiger partial charge in [-0.15, -0.1) is 0 Å². The number of para-hydroxylation sites is 1. The van der Waals surface area contributed by atoms with Crippen LogP contribution in [0.4, 0.5) is 0 Å². The lowest BCUT2D eigenvalue weighted by atomic mass is 10.2. The highest BCUT2D eigenvalue weighted by atomic mass is 35.5. The molecule has 0 radical (unpaired) electrons. The van der Waals surface area contributed by atoms with E-state index in [1.165, 1.54) is 4.31 Å². The highest BCUT2D eigenvalue weighted by molar-refractivity contribution is 7.89. The number of nitrogens with zero attached hydrogens (tertiary/aromatic N) is 2. The maximum atomic E-state index is 12.9. The van der Waals surface area contributed by atoms with Gasteiger partial charge in [-0.2, -0.15) is 4.31 Å². The van der Waals surface area contributed by atoms with Crippen LogP contribution in [-0.4, -0.2) is 55.8 Å². The van der Waals surface area contributed by atoms with Crippen molar-refractivity contribution in [3.05, 3.63) is 59.6 Å². The molecule has 28 heavy (non-hydrogen) atoms. The number of carbonyl (C=O) groups excluding carboxylic acids is 1. The third-order valence-electron chi connectivity index (χ3n) is 4.68. The lowest BCUT2D eigenvalue weighted by molar-refractivity contribution is -0.140. The van der Waals surface area contributed by atoms with E-state index in [2.05, 4.69) is 0 Å². The minimum Gasteiger partial charge on any atom is -0.479 e. The molecule has 150 valence electrons. The predicted molar refractivity (Wildman–Crippen MR) is 108 cm³/mol. The summed E-state index contributed by atoms with van der Waals surface area (Å²) in [7, 11) is -3.54. The summed E-state index contributed by atoms with van der Waals surface area (Å²) in [5, 5.41) is 0.451. The summed E-state index contributed by atoms with van der Waals surface area (Å²) in [5.74, 6) is 0.314. The summed E-state index contributed by atoms with van der Waals surface area (Å²) in [5.41, 5.74) is 0. The number of sulfonamides is 1. The SMILES string of the molecule is CC[C@@H](Oc1ccccc1Cl)C(=O)N1CCN(S(=O)(=O)c2ccccc2)CC1. The maximum absolute atomic E-state index is 12.9. The molecule has 0 unspecified atom stereocenters. The molecule has 1 heterocycles. The predicted octanol–water partition coefficient (Wildman–Crippen LogP) is 3.03. The average Bonchev–Trinajstić information content (AvgIpc) is 2.73. The zero-order valence-corrected chi connectivity index (χ0v) is 17.2. The van der Waals surface area contributed by atoms with E-state index in [0.717, 1.165) is 0 Å². The summed E-state index contributed by atoms with van der Waals surface area (Å²) >= 11 is 6.12. The van der Waals surface area contributed by atoms with Gasteiger partial charge in [0.2, 0.25) is 10.0 Å². The number of rotatable bonds is 6. The lowest BCUT2D eigenvalue weighted by Crippen LogP contribution is -2.53. The lowest BCUT2D eigenvalue weighted by Gasteiger charge is -2.35. The Kier molecular flexibility index (Phi) is 6.59. The Labute approximate surface area is 170 Å². The van der Waals surface area contributed by atoms with Gasteiger partial charge < -0.3 is 9.64 Å². The molecule has 0 saturated carbocycles. The fraction of sp³-hybridized carbons (Fsp3) is 0.350. The van der Waals surface area contributed by atoms with E-state index >= 15 is 0 Å². The molecule has 0 aliphatic carbocycles. The van der Waals surface area contributed by atoms with Gasteiger partial charge >= 0.3 is 0 Å². The molecule has 0 bridgehead atoms. The van der Waals surface area contributed by atoms with Crippen LogP contribution in [0.15, 0.2) is 59.5 Å². The second-order valence-electron chi connectivity index (χ2n) is 6.49. The van der Waals surface area contributed by atoms with E-state index in [-0.39, 0.29) is 23.9 Å². The minimum absolute atomic E-state index is 0.154. The Balaban J connectivity index is 1.63. The average molecular weight is 423 g/mol. The molecule has 1 aliphatic rings. The third-order valence-corrected chi connectivity index (χ3v) is 6.91. The van der Waals surface area contributed by atoms with Gasteiger partial charge in [0.05, 0.1) is 9.92 Å². The van der Waals surface area contributed by atoms with Gasteiger partial charge in [0.15, 0.2) is 6.10 Å². The minimum atomic E-state index is -3.54. The van der Waals surface area contributed by atoms with Gasteiger partial charge in [-0.1, -0.05) is 48.9 Å².